The molecule has 7 nitrogen and oxygen atoms in total. The van der Waals surface area contributed by atoms with Gasteiger partial charge in [-0.25, -0.2) is 8.78 Å². The number of rotatable bonds is 5. The van der Waals surface area contributed by atoms with Gasteiger partial charge in [0.15, 0.2) is 5.65 Å². The monoisotopic (exact) mass is 352 g/mol. The van der Waals surface area contributed by atoms with Gasteiger partial charge in [-0.15, -0.1) is 15.3 Å². The van der Waals surface area contributed by atoms with E-state index in [4.69, 9.17) is 4.74 Å². The molecule has 2 aliphatic heterocycles. The topological polar surface area (TPSA) is 67.6 Å². The van der Waals surface area contributed by atoms with Gasteiger partial charge >= 0.3 is 0 Å². The molecular formula is C16H22F2N6O. The van der Waals surface area contributed by atoms with Crippen molar-refractivity contribution in [2.75, 3.05) is 38.2 Å². The van der Waals surface area contributed by atoms with Crippen molar-refractivity contribution in [3.63, 3.8) is 0 Å². The second kappa shape index (κ2) is 7.17. The maximum atomic E-state index is 12.9. The van der Waals surface area contributed by atoms with E-state index in [1.54, 1.807) is 12.1 Å². The number of fused-ring (bicyclic) bond motifs is 1. The molecule has 9 heteroatoms. The predicted octanol–water partition coefficient (Wildman–Crippen LogP) is 1.97. The van der Waals surface area contributed by atoms with Gasteiger partial charge in [0.05, 0.1) is 6.61 Å². The minimum atomic E-state index is -2.69. The van der Waals surface area contributed by atoms with Gasteiger partial charge in [0.1, 0.15) is 5.82 Å². The molecule has 0 bridgehead atoms. The maximum absolute atomic E-state index is 12.9. The molecule has 2 saturated heterocycles. The predicted molar refractivity (Wildman–Crippen MR) is 87.7 cm³/mol. The van der Waals surface area contributed by atoms with Crippen LogP contribution in [0, 0.1) is 5.92 Å². The average Bonchev–Trinajstić information content (AvgIpc) is 3.26. The van der Waals surface area contributed by atoms with Crippen molar-refractivity contribution in [3.8, 4) is 0 Å². The Balaban J connectivity index is 1.35. The Kier molecular flexibility index (Phi) is 4.76. The van der Waals surface area contributed by atoms with E-state index < -0.39 is 12.2 Å². The number of nitrogens with zero attached hydrogens (tertiary/aromatic N) is 5. The lowest BCUT2D eigenvalue weighted by molar-refractivity contribution is 0.137. The largest absolute Gasteiger partial charge is 0.381 e. The van der Waals surface area contributed by atoms with Gasteiger partial charge in [0.2, 0.25) is 5.82 Å². The Bertz CT molecular complexity index is 710. The van der Waals surface area contributed by atoms with Crippen LogP contribution in [0.25, 0.3) is 5.65 Å². The fraction of sp³-hybridized carbons (Fsp3) is 0.688. The van der Waals surface area contributed by atoms with Crippen LogP contribution >= 0.6 is 0 Å². The number of aromatic nitrogens is 4. The van der Waals surface area contributed by atoms with Gasteiger partial charge in [0.25, 0.3) is 6.43 Å². The molecular weight excluding hydrogens is 330 g/mol. The smallest absolute Gasteiger partial charge is 0.299 e. The third-order valence-electron chi connectivity index (χ3n) is 4.96. The third-order valence-corrected chi connectivity index (χ3v) is 4.96. The van der Waals surface area contributed by atoms with E-state index in [0.717, 1.165) is 56.6 Å². The Morgan fingerprint density at radius 2 is 2.04 bits per heavy atom. The van der Waals surface area contributed by atoms with Crippen LogP contribution < -0.4 is 5.32 Å². The molecule has 2 fully saturated rings. The zero-order chi connectivity index (χ0) is 17.2. The SMILES string of the molecule is FC(F)c1nnc2ccc(NC3CCN(CC4CCOC4)CC3)nn12. The summed E-state index contributed by atoms with van der Waals surface area (Å²) in [6.07, 6.45) is 0.488. The zero-order valence-corrected chi connectivity index (χ0v) is 13.9. The van der Waals surface area contributed by atoms with Crippen LogP contribution in [-0.4, -0.2) is 63.6 Å². The summed E-state index contributed by atoms with van der Waals surface area (Å²) in [5.74, 6) is 0.819. The van der Waals surface area contributed by atoms with E-state index in [1.165, 1.54) is 0 Å². The summed E-state index contributed by atoms with van der Waals surface area (Å²) in [4.78, 5) is 2.49. The number of ether oxygens (including phenoxy) is 1. The summed E-state index contributed by atoms with van der Waals surface area (Å²) in [5.41, 5.74) is 0.328. The van der Waals surface area contributed by atoms with Crippen LogP contribution in [0.1, 0.15) is 31.5 Å². The van der Waals surface area contributed by atoms with Crippen LogP contribution in [0.4, 0.5) is 14.6 Å². The van der Waals surface area contributed by atoms with Gasteiger partial charge in [-0.1, -0.05) is 0 Å². The van der Waals surface area contributed by atoms with Crippen molar-refractivity contribution in [2.24, 2.45) is 5.92 Å². The van der Waals surface area contributed by atoms with Crippen LogP contribution in [0.3, 0.4) is 0 Å². The molecule has 2 aromatic heterocycles. The number of piperidine rings is 1. The van der Waals surface area contributed by atoms with Gasteiger partial charge < -0.3 is 15.0 Å². The highest BCUT2D eigenvalue weighted by Gasteiger charge is 2.24. The second-order valence-corrected chi connectivity index (χ2v) is 6.80. The molecule has 4 heterocycles. The first-order chi connectivity index (χ1) is 12.2. The summed E-state index contributed by atoms with van der Waals surface area (Å²) in [6, 6.07) is 3.72. The quantitative estimate of drug-likeness (QED) is 0.887. The highest BCUT2D eigenvalue weighted by Crippen LogP contribution is 2.21. The van der Waals surface area contributed by atoms with Crippen molar-refractivity contribution in [1.82, 2.24) is 24.7 Å². The van der Waals surface area contributed by atoms with E-state index >= 15 is 0 Å². The summed E-state index contributed by atoms with van der Waals surface area (Å²) in [7, 11) is 0. The number of nitrogens with one attached hydrogen (secondary N) is 1. The summed E-state index contributed by atoms with van der Waals surface area (Å²) < 4.78 is 32.4. The normalized spacial score (nSPS) is 22.9. The van der Waals surface area contributed by atoms with Gasteiger partial charge in [-0.3, -0.25) is 0 Å². The molecule has 1 N–H and O–H groups in total. The first kappa shape index (κ1) is 16.6. The molecule has 136 valence electrons. The van der Waals surface area contributed by atoms with Crippen LogP contribution in [0.5, 0.6) is 0 Å². The number of halogens is 2. The number of hydrogen-bond donors (Lipinski definition) is 1. The molecule has 4 rings (SSSR count). The van der Waals surface area contributed by atoms with Crippen LogP contribution in [-0.2, 0) is 4.74 Å². The molecule has 2 aliphatic rings. The van der Waals surface area contributed by atoms with Crippen molar-refractivity contribution >= 4 is 11.5 Å². The van der Waals surface area contributed by atoms with Gasteiger partial charge in [-0.2, -0.15) is 4.52 Å². The summed E-state index contributed by atoms with van der Waals surface area (Å²) in [5, 5.41) is 14.8. The van der Waals surface area contributed by atoms with Crippen molar-refractivity contribution in [1.29, 1.82) is 0 Å². The van der Waals surface area contributed by atoms with E-state index in [1.807, 2.05) is 0 Å². The van der Waals surface area contributed by atoms with E-state index in [2.05, 4.69) is 25.5 Å². The summed E-state index contributed by atoms with van der Waals surface area (Å²) >= 11 is 0. The standard InChI is InChI=1S/C16H22F2N6O/c17-15(18)16-21-20-14-2-1-13(22-24(14)16)19-12-3-6-23(7-4-12)9-11-5-8-25-10-11/h1-2,11-12,15H,3-10H2,(H,19,22). The minimum Gasteiger partial charge on any atom is -0.381 e. The molecule has 0 saturated carbocycles. The van der Waals surface area contributed by atoms with Crippen LogP contribution in [0.15, 0.2) is 12.1 Å². The van der Waals surface area contributed by atoms with Crippen molar-refractivity contribution in [2.45, 2.75) is 31.7 Å². The highest BCUT2D eigenvalue weighted by molar-refractivity contribution is 5.44. The number of hydrogen-bond acceptors (Lipinski definition) is 6. The van der Waals surface area contributed by atoms with Gasteiger partial charge in [0, 0.05) is 32.3 Å². The van der Waals surface area contributed by atoms with E-state index in [-0.39, 0.29) is 0 Å². The molecule has 0 radical (unpaired) electrons. The lowest BCUT2D eigenvalue weighted by atomic mass is 10.0. The molecule has 2 aromatic rings. The first-order valence-electron chi connectivity index (χ1n) is 8.76. The Labute approximate surface area is 144 Å². The molecule has 1 atom stereocenters. The Morgan fingerprint density at radius 3 is 2.76 bits per heavy atom. The molecule has 0 spiro atoms. The molecule has 0 amide bonds. The summed E-state index contributed by atoms with van der Waals surface area (Å²) in [6.45, 7) is 4.94. The lowest BCUT2D eigenvalue weighted by Gasteiger charge is -2.33. The number of likely N-dealkylation sites (tertiary alicyclic amines) is 1. The molecule has 0 aliphatic carbocycles. The highest BCUT2D eigenvalue weighted by atomic mass is 19.3. The number of alkyl halides is 2. The van der Waals surface area contributed by atoms with E-state index in [9.17, 15) is 8.78 Å². The third kappa shape index (κ3) is 3.72. The van der Waals surface area contributed by atoms with Crippen molar-refractivity contribution < 1.29 is 13.5 Å². The minimum absolute atomic E-state index is 0.299. The maximum Gasteiger partial charge on any atom is 0.299 e. The Hall–Kier alpha value is -1.87. The van der Waals surface area contributed by atoms with Gasteiger partial charge in [-0.05, 0) is 37.3 Å². The van der Waals surface area contributed by atoms with E-state index in [0.29, 0.717) is 23.4 Å². The molecule has 0 aromatic carbocycles. The first-order valence-corrected chi connectivity index (χ1v) is 8.76. The second-order valence-electron chi connectivity index (χ2n) is 6.80. The lowest BCUT2D eigenvalue weighted by Crippen LogP contribution is -2.41. The zero-order valence-electron chi connectivity index (χ0n) is 13.9. The fourth-order valence-corrected chi connectivity index (χ4v) is 3.58. The number of anilines is 1. The Morgan fingerprint density at radius 1 is 1.20 bits per heavy atom. The average molecular weight is 352 g/mol. The van der Waals surface area contributed by atoms with Crippen LogP contribution in [0.2, 0.25) is 0 Å². The molecule has 25 heavy (non-hydrogen) atoms. The molecule has 1 unspecified atom stereocenters. The fourth-order valence-electron chi connectivity index (χ4n) is 3.58. The van der Waals surface area contributed by atoms with Crippen molar-refractivity contribution in [3.05, 3.63) is 18.0 Å².